The summed E-state index contributed by atoms with van der Waals surface area (Å²) in [6.07, 6.45) is 0. The standard InChI is InChI=1S/C24H23FN4O2S/c1-27-24-19(22(26-27)18-5-3-4-6-20(18)25)15-21(32-24)23(30)29-13-11-28(12-14-29)16-7-9-17(31-2)10-8-16/h3-10,15H,11-14H2,1-2H3. The van der Waals surface area contributed by atoms with Crippen LogP contribution in [0.25, 0.3) is 21.5 Å². The maximum absolute atomic E-state index is 14.4. The van der Waals surface area contributed by atoms with Crippen molar-refractivity contribution in [2.75, 3.05) is 38.2 Å². The zero-order chi connectivity index (χ0) is 22.2. The Balaban J connectivity index is 1.34. The highest BCUT2D eigenvalue weighted by Crippen LogP contribution is 2.35. The number of methoxy groups -OCH3 is 1. The molecule has 32 heavy (non-hydrogen) atoms. The van der Waals surface area contributed by atoms with E-state index in [0.29, 0.717) is 29.2 Å². The summed E-state index contributed by atoms with van der Waals surface area (Å²) in [4.78, 5) is 18.9. The Labute approximate surface area is 189 Å². The van der Waals surface area contributed by atoms with E-state index >= 15 is 0 Å². The first-order valence-electron chi connectivity index (χ1n) is 10.4. The minimum Gasteiger partial charge on any atom is -0.497 e. The van der Waals surface area contributed by atoms with Crippen LogP contribution in [0, 0.1) is 5.82 Å². The molecule has 6 nitrogen and oxygen atoms in total. The van der Waals surface area contributed by atoms with E-state index in [4.69, 9.17) is 4.74 Å². The SMILES string of the molecule is COc1ccc(N2CCN(C(=O)c3cc4c(-c5ccccc5F)nn(C)c4s3)CC2)cc1. The summed E-state index contributed by atoms with van der Waals surface area (Å²) in [6, 6.07) is 16.4. The van der Waals surface area contributed by atoms with Crippen molar-refractivity contribution in [3.8, 4) is 17.0 Å². The minimum atomic E-state index is -0.318. The molecule has 164 valence electrons. The molecular formula is C24H23FN4O2S. The summed E-state index contributed by atoms with van der Waals surface area (Å²) in [7, 11) is 3.48. The molecular weight excluding hydrogens is 427 g/mol. The minimum absolute atomic E-state index is 0.0139. The molecule has 0 atom stereocenters. The largest absolute Gasteiger partial charge is 0.497 e. The number of thiophene rings is 1. The van der Waals surface area contributed by atoms with Crippen LogP contribution in [0.5, 0.6) is 5.75 Å². The van der Waals surface area contributed by atoms with E-state index in [1.165, 1.54) is 17.4 Å². The zero-order valence-electron chi connectivity index (χ0n) is 17.9. The molecule has 3 heterocycles. The van der Waals surface area contributed by atoms with Crippen molar-refractivity contribution < 1.29 is 13.9 Å². The Kier molecular flexibility index (Phi) is 5.30. The van der Waals surface area contributed by atoms with Gasteiger partial charge in [0.2, 0.25) is 0 Å². The molecule has 0 bridgehead atoms. The molecule has 2 aromatic heterocycles. The molecule has 5 rings (SSSR count). The van der Waals surface area contributed by atoms with Crippen molar-refractivity contribution >= 4 is 33.1 Å². The topological polar surface area (TPSA) is 50.6 Å². The quantitative estimate of drug-likeness (QED) is 0.462. The van der Waals surface area contributed by atoms with Crippen LogP contribution in [0.4, 0.5) is 10.1 Å². The zero-order valence-corrected chi connectivity index (χ0v) is 18.7. The van der Waals surface area contributed by atoms with Gasteiger partial charge in [-0.05, 0) is 42.5 Å². The monoisotopic (exact) mass is 450 g/mol. The Hall–Kier alpha value is -3.39. The molecule has 1 saturated heterocycles. The van der Waals surface area contributed by atoms with Gasteiger partial charge in [0.15, 0.2) is 0 Å². The Bertz CT molecular complexity index is 1270. The lowest BCUT2D eigenvalue weighted by atomic mass is 10.1. The molecule has 1 aliphatic rings. The number of ether oxygens (including phenoxy) is 1. The van der Waals surface area contributed by atoms with Gasteiger partial charge in [-0.3, -0.25) is 9.48 Å². The van der Waals surface area contributed by atoms with Crippen LogP contribution in [0.1, 0.15) is 9.67 Å². The van der Waals surface area contributed by atoms with Gasteiger partial charge in [-0.15, -0.1) is 11.3 Å². The smallest absolute Gasteiger partial charge is 0.264 e. The predicted octanol–water partition coefficient (Wildman–Crippen LogP) is 4.41. The molecule has 1 fully saturated rings. The number of carbonyl (C=O) groups excluding carboxylic acids is 1. The van der Waals surface area contributed by atoms with Gasteiger partial charge in [-0.2, -0.15) is 5.10 Å². The van der Waals surface area contributed by atoms with Crippen molar-refractivity contribution in [2.24, 2.45) is 7.05 Å². The summed E-state index contributed by atoms with van der Waals surface area (Å²) in [6.45, 7) is 2.84. The first-order valence-corrected chi connectivity index (χ1v) is 11.3. The summed E-state index contributed by atoms with van der Waals surface area (Å²) in [5.74, 6) is 0.526. The molecule has 4 aromatic rings. The van der Waals surface area contributed by atoms with Crippen molar-refractivity contribution in [1.82, 2.24) is 14.7 Å². The van der Waals surface area contributed by atoms with Gasteiger partial charge < -0.3 is 14.5 Å². The number of anilines is 1. The van der Waals surface area contributed by atoms with E-state index in [2.05, 4.69) is 10.00 Å². The number of aryl methyl sites for hydroxylation is 1. The number of benzene rings is 2. The van der Waals surface area contributed by atoms with Crippen LogP contribution in [-0.2, 0) is 7.05 Å². The van der Waals surface area contributed by atoms with Gasteiger partial charge in [0.25, 0.3) is 5.91 Å². The average Bonchev–Trinajstić information content (AvgIpc) is 3.40. The Morgan fingerprint density at radius 1 is 1.06 bits per heavy atom. The van der Waals surface area contributed by atoms with Gasteiger partial charge >= 0.3 is 0 Å². The van der Waals surface area contributed by atoms with Crippen LogP contribution in [0.2, 0.25) is 0 Å². The molecule has 2 aromatic carbocycles. The number of amides is 1. The Morgan fingerprint density at radius 3 is 2.47 bits per heavy atom. The number of fused-ring (bicyclic) bond motifs is 1. The number of aromatic nitrogens is 2. The van der Waals surface area contributed by atoms with Crippen LogP contribution in [0.15, 0.2) is 54.6 Å². The third-order valence-corrected chi connectivity index (χ3v) is 7.05. The maximum atomic E-state index is 14.4. The molecule has 0 unspecified atom stereocenters. The average molecular weight is 451 g/mol. The number of rotatable bonds is 4. The fourth-order valence-electron chi connectivity index (χ4n) is 4.11. The predicted molar refractivity (Wildman–Crippen MR) is 125 cm³/mol. The van der Waals surface area contributed by atoms with Crippen LogP contribution in [0.3, 0.4) is 0 Å². The van der Waals surface area contributed by atoms with Crippen molar-refractivity contribution in [2.45, 2.75) is 0 Å². The van der Waals surface area contributed by atoms with Crippen LogP contribution >= 0.6 is 11.3 Å². The van der Waals surface area contributed by atoms with E-state index in [9.17, 15) is 9.18 Å². The molecule has 1 aliphatic heterocycles. The third kappa shape index (κ3) is 3.60. The molecule has 0 spiro atoms. The van der Waals surface area contributed by atoms with E-state index in [1.54, 1.807) is 30.0 Å². The lowest BCUT2D eigenvalue weighted by molar-refractivity contribution is 0.0751. The summed E-state index contributed by atoms with van der Waals surface area (Å²) in [5, 5.41) is 5.30. The molecule has 1 amide bonds. The van der Waals surface area contributed by atoms with Crippen LogP contribution < -0.4 is 9.64 Å². The second kappa shape index (κ2) is 8.27. The molecule has 0 aliphatic carbocycles. The number of halogens is 1. The van der Waals surface area contributed by atoms with E-state index < -0.39 is 0 Å². The lowest BCUT2D eigenvalue weighted by Crippen LogP contribution is -2.48. The maximum Gasteiger partial charge on any atom is 0.264 e. The van der Waals surface area contributed by atoms with Crippen LogP contribution in [-0.4, -0.2) is 53.9 Å². The number of nitrogens with zero attached hydrogens (tertiary/aromatic N) is 4. The number of carbonyl (C=O) groups is 1. The van der Waals surface area contributed by atoms with Crippen molar-refractivity contribution in [3.63, 3.8) is 0 Å². The lowest BCUT2D eigenvalue weighted by Gasteiger charge is -2.36. The van der Waals surface area contributed by atoms with E-state index in [1.807, 2.05) is 42.3 Å². The third-order valence-electron chi connectivity index (χ3n) is 5.86. The highest BCUT2D eigenvalue weighted by Gasteiger charge is 2.26. The molecule has 0 N–H and O–H groups in total. The van der Waals surface area contributed by atoms with Gasteiger partial charge in [0.05, 0.1) is 12.0 Å². The molecule has 0 radical (unpaired) electrons. The number of piperazine rings is 1. The number of hydrogen-bond acceptors (Lipinski definition) is 5. The highest BCUT2D eigenvalue weighted by molar-refractivity contribution is 7.20. The summed E-state index contributed by atoms with van der Waals surface area (Å²) >= 11 is 1.41. The van der Waals surface area contributed by atoms with Gasteiger partial charge in [0.1, 0.15) is 22.1 Å². The van der Waals surface area contributed by atoms with Crippen molar-refractivity contribution in [1.29, 1.82) is 0 Å². The van der Waals surface area contributed by atoms with E-state index in [-0.39, 0.29) is 11.7 Å². The fourth-order valence-corrected chi connectivity index (χ4v) is 5.15. The first-order chi connectivity index (χ1) is 15.5. The van der Waals surface area contributed by atoms with Gasteiger partial charge in [0, 0.05) is 49.9 Å². The van der Waals surface area contributed by atoms with E-state index in [0.717, 1.165) is 34.7 Å². The fraction of sp³-hybridized carbons (Fsp3) is 0.250. The molecule has 0 saturated carbocycles. The van der Waals surface area contributed by atoms with Crippen molar-refractivity contribution in [3.05, 3.63) is 65.3 Å². The summed E-state index contributed by atoms with van der Waals surface area (Å²) in [5.41, 5.74) is 2.14. The summed E-state index contributed by atoms with van der Waals surface area (Å²) < 4.78 is 21.3. The van der Waals surface area contributed by atoms with Gasteiger partial charge in [-0.1, -0.05) is 12.1 Å². The van der Waals surface area contributed by atoms with Gasteiger partial charge in [-0.25, -0.2) is 4.39 Å². The second-order valence-corrected chi connectivity index (χ2v) is 8.79. The first kappa shape index (κ1) is 20.5. The molecule has 8 heteroatoms. The normalized spacial score (nSPS) is 14.2. The Morgan fingerprint density at radius 2 is 1.78 bits per heavy atom. The number of hydrogen-bond donors (Lipinski definition) is 0. The highest BCUT2D eigenvalue weighted by atomic mass is 32.1. The second-order valence-electron chi connectivity index (χ2n) is 7.76.